The van der Waals surface area contributed by atoms with Gasteiger partial charge in [0.25, 0.3) is 0 Å². The molecule has 0 bridgehead atoms. The topological polar surface area (TPSA) is 101 Å². The number of carboxylic acid groups (broad SMARTS) is 1. The average molecular weight is 285 g/mol. The smallest absolute Gasteiger partial charge is 0.335 e. The van der Waals surface area contributed by atoms with E-state index in [9.17, 15) is 18.0 Å². The Balaban J connectivity index is 2.70. The summed E-state index contributed by atoms with van der Waals surface area (Å²) in [4.78, 5) is 22.3. The molecule has 0 spiro atoms. The number of amides is 1. The molecule has 2 N–H and O–H groups in total. The largest absolute Gasteiger partial charge is 0.478 e. The predicted octanol–water partition coefficient (Wildman–Crippen LogP) is 1.07. The number of carbonyl (C=O) groups is 2. The zero-order chi connectivity index (χ0) is 14.6. The van der Waals surface area contributed by atoms with E-state index in [4.69, 9.17) is 5.11 Å². The highest BCUT2D eigenvalue weighted by Crippen LogP contribution is 2.15. The minimum atomic E-state index is -3.18. The van der Waals surface area contributed by atoms with Crippen LogP contribution < -0.4 is 5.32 Å². The van der Waals surface area contributed by atoms with Crippen molar-refractivity contribution in [2.75, 3.05) is 17.3 Å². The van der Waals surface area contributed by atoms with Gasteiger partial charge >= 0.3 is 5.97 Å². The van der Waals surface area contributed by atoms with E-state index in [1.54, 1.807) is 6.92 Å². The molecule has 104 valence electrons. The van der Waals surface area contributed by atoms with E-state index < -0.39 is 21.7 Å². The average Bonchev–Trinajstić information content (AvgIpc) is 2.25. The number of benzene rings is 1. The summed E-state index contributed by atoms with van der Waals surface area (Å²) >= 11 is 0. The van der Waals surface area contributed by atoms with Gasteiger partial charge in [-0.2, -0.15) is 0 Å². The molecule has 0 fully saturated rings. The van der Waals surface area contributed by atoms with Gasteiger partial charge in [-0.1, -0.05) is 0 Å². The lowest BCUT2D eigenvalue weighted by atomic mass is 10.1. The molecule has 19 heavy (non-hydrogen) atoms. The van der Waals surface area contributed by atoms with Gasteiger partial charge in [0.2, 0.25) is 5.91 Å². The first-order chi connectivity index (χ1) is 8.69. The zero-order valence-electron chi connectivity index (χ0n) is 10.6. The lowest BCUT2D eigenvalue weighted by molar-refractivity contribution is -0.115. The van der Waals surface area contributed by atoms with Crippen LogP contribution in [0.1, 0.15) is 22.3 Å². The maximum absolute atomic E-state index is 11.5. The van der Waals surface area contributed by atoms with E-state index in [1.165, 1.54) is 18.2 Å². The summed E-state index contributed by atoms with van der Waals surface area (Å²) in [5.41, 5.74) is 1.13. The van der Waals surface area contributed by atoms with Crippen molar-refractivity contribution in [2.45, 2.75) is 13.3 Å². The normalized spacial score (nSPS) is 11.1. The van der Waals surface area contributed by atoms with Crippen molar-refractivity contribution >= 4 is 27.4 Å². The Morgan fingerprint density at radius 3 is 2.42 bits per heavy atom. The fourth-order valence-corrected chi connectivity index (χ4v) is 2.04. The number of aromatic carboxylic acids is 1. The van der Waals surface area contributed by atoms with Crippen molar-refractivity contribution in [2.24, 2.45) is 0 Å². The van der Waals surface area contributed by atoms with Crippen molar-refractivity contribution in [3.63, 3.8) is 0 Å². The van der Waals surface area contributed by atoms with Crippen LogP contribution in [0.15, 0.2) is 18.2 Å². The highest BCUT2D eigenvalue weighted by atomic mass is 32.2. The molecule has 1 aromatic rings. The van der Waals surface area contributed by atoms with E-state index in [2.05, 4.69) is 5.32 Å². The van der Waals surface area contributed by atoms with Gasteiger partial charge < -0.3 is 10.4 Å². The Labute approximate surface area is 111 Å². The van der Waals surface area contributed by atoms with Gasteiger partial charge in [0.1, 0.15) is 9.84 Å². The predicted molar refractivity (Wildman–Crippen MR) is 71.1 cm³/mol. The van der Waals surface area contributed by atoms with Crippen LogP contribution in [-0.4, -0.2) is 37.4 Å². The van der Waals surface area contributed by atoms with Gasteiger partial charge in [0.15, 0.2) is 0 Å². The van der Waals surface area contributed by atoms with Crippen molar-refractivity contribution in [3.8, 4) is 0 Å². The number of sulfone groups is 1. The lowest BCUT2D eigenvalue weighted by Gasteiger charge is -2.07. The molecule has 0 heterocycles. The Morgan fingerprint density at radius 1 is 1.32 bits per heavy atom. The van der Waals surface area contributed by atoms with Gasteiger partial charge in [0, 0.05) is 18.4 Å². The molecule has 1 amide bonds. The minimum Gasteiger partial charge on any atom is -0.478 e. The second-order valence-corrected chi connectivity index (χ2v) is 6.52. The molecule has 0 saturated heterocycles. The first kappa shape index (κ1) is 15.2. The number of rotatable bonds is 5. The van der Waals surface area contributed by atoms with Crippen molar-refractivity contribution < 1.29 is 23.1 Å². The monoisotopic (exact) mass is 285 g/mol. The molecule has 0 radical (unpaired) electrons. The first-order valence-electron chi connectivity index (χ1n) is 5.50. The van der Waals surface area contributed by atoms with E-state index >= 15 is 0 Å². The molecule has 1 aromatic carbocycles. The Bertz CT molecular complexity index is 607. The van der Waals surface area contributed by atoms with Crippen LogP contribution in [0, 0.1) is 6.92 Å². The highest BCUT2D eigenvalue weighted by molar-refractivity contribution is 7.90. The fourth-order valence-electron chi connectivity index (χ4n) is 1.48. The van der Waals surface area contributed by atoms with Crippen LogP contribution in [0.25, 0.3) is 0 Å². The second-order valence-electron chi connectivity index (χ2n) is 4.26. The van der Waals surface area contributed by atoms with E-state index in [0.717, 1.165) is 6.26 Å². The summed E-state index contributed by atoms with van der Waals surface area (Å²) in [6, 6.07) is 4.39. The number of hydrogen-bond acceptors (Lipinski definition) is 4. The summed E-state index contributed by atoms with van der Waals surface area (Å²) in [5.74, 6) is -1.68. The molecule has 0 aliphatic carbocycles. The van der Waals surface area contributed by atoms with Gasteiger partial charge in [-0.15, -0.1) is 0 Å². The number of aryl methyl sites for hydroxylation is 1. The standard InChI is InChI=1S/C12H15NO5S/c1-8-7-9(3-4-10(8)12(15)16)13-11(14)5-6-19(2,17)18/h3-4,7H,5-6H2,1-2H3,(H,13,14)(H,15,16). The highest BCUT2D eigenvalue weighted by Gasteiger charge is 2.10. The van der Waals surface area contributed by atoms with Crippen LogP contribution in [-0.2, 0) is 14.6 Å². The van der Waals surface area contributed by atoms with Gasteiger partial charge in [-0.05, 0) is 30.7 Å². The molecule has 0 aliphatic heterocycles. The number of carbonyl (C=O) groups excluding carboxylic acids is 1. The summed E-state index contributed by atoms with van der Waals surface area (Å²) in [7, 11) is -3.18. The molecule has 0 aliphatic rings. The molecule has 6 nitrogen and oxygen atoms in total. The zero-order valence-corrected chi connectivity index (χ0v) is 11.5. The van der Waals surface area contributed by atoms with Gasteiger partial charge in [0.05, 0.1) is 11.3 Å². The minimum absolute atomic E-state index is 0.126. The third kappa shape index (κ3) is 5.09. The fraction of sp³-hybridized carbons (Fsp3) is 0.333. The van der Waals surface area contributed by atoms with Gasteiger partial charge in [-0.25, -0.2) is 13.2 Å². The SMILES string of the molecule is Cc1cc(NC(=O)CCS(C)(=O)=O)ccc1C(=O)O. The van der Waals surface area contributed by atoms with E-state index in [-0.39, 0.29) is 17.7 Å². The van der Waals surface area contributed by atoms with Crippen molar-refractivity contribution in [1.29, 1.82) is 0 Å². The molecule has 0 saturated carbocycles. The summed E-state index contributed by atoms with van der Waals surface area (Å²) in [6.45, 7) is 1.62. The third-order valence-corrected chi connectivity index (χ3v) is 3.39. The summed E-state index contributed by atoms with van der Waals surface area (Å²) in [5, 5.41) is 11.4. The second kappa shape index (κ2) is 5.83. The van der Waals surface area contributed by atoms with Gasteiger partial charge in [-0.3, -0.25) is 4.79 Å². The molecular formula is C12H15NO5S. The summed E-state index contributed by atoms with van der Waals surface area (Å²) in [6.07, 6.45) is 0.935. The van der Waals surface area contributed by atoms with Crippen LogP contribution >= 0.6 is 0 Å². The van der Waals surface area contributed by atoms with E-state index in [0.29, 0.717) is 11.3 Å². The molecule has 0 unspecified atom stereocenters. The molecule has 1 rings (SSSR count). The van der Waals surface area contributed by atoms with Crippen LogP contribution in [0.5, 0.6) is 0 Å². The third-order valence-electron chi connectivity index (χ3n) is 2.44. The maximum Gasteiger partial charge on any atom is 0.335 e. The van der Waals surface area contributed by atoms with Crippen molar-refractivity contribution in [3.05, 3.63) is 29.3 Å². The van der Waals surface area contributed by atoms with Crippen molar-refractivity contribution in [1.82, 2.24) is 0 Å². The number of carboxylic acids is 1. The Hall–Kier alpha value is -1.89. The van der Waals surface area contributed by atoms with Crippen LogP contribution in [0.3, 0.4) is 0 Å². The first-order valence-corrected chi connectivity index (χ1v) is 7.56. The molecular weight excluding hydrogens is 270 g/mol. The van der Waals surface area contributed by atoms with Crippen LogP contribution in [0.4, 0.5) is 5.69 Å². The van der Waals surface area contributed by atoms with Crippen LogP contribution in [0.2, 0.25) is 0 Å². The molecule has 7 heteroatoms. The quantitative estimate of drug-likeness (QED) is 0.842. The lowest BCUT2D eigenvalue weighted by Crippen LogP contribution is -2.16. The maximum atomic E-state index is 11.5. The molecule has 0 atom stereocenters. The number of nitrogens with one attached hydrogen (secondary N) is 1. The molecule has 0 aromatic heterocycles. The Morgan fingerprint density at radius 2 is 1.95 bits per heavy atom. The van der Waals surface area contributed by atoms with E-state index in [1.807, 2.05) is 0 Å². The Kier molecular flexibility index (Phi) is 4.66. The number of anilines is 1. The summed E-state index contributed by atoms with van der Waals surface area (Å²) < 4.78 is 21.8. The number of hydrogen-bond donors (Lipinski definition) is 2.